The fourth-order valence-corrected chi connectivity index (χ4v) is 9.06. The van der Waals surface area contributed by atoms with Gasteiger partial charge in [-0.05, 0) is 87.5 Å². The molecular weight excluding hydrogens is 681 g/mol. The highest BCUT2D eigenvalue weighted by Crippen LogP contribution is 2.15. The number of nitrogens with zero attached hydrogens (tertiary/aromatic N) is 2. The molecule has 52 heavy (non-hydrogen) atoms. The number of rotatable bonds is 40. The lowest BCUT2D eigenvalue weighted by atomic mass is 10.1. The molecule has 1 fully saturated rings. The molecule has 0 saturated carbocycles. The Kier molecular flexibility index (Phi) is 38.4. The van der Waals surface area contributed by atoms with E-state index in [-0.39, 0.29) is 6.03 Å². The first-order chi connectivity index (χ1) is 25.7. The van der Waals surface area contributed by atoms with Crippen molar-refractivity contribution >= 4 is 35.3 Å². The van der Waals surface area contributed by atoms with Gasteiger partial charge in [0.15, 0.2) is 0 Å². The number of hydrogen-bond donors (Lipinski definition) is 2. The Morgan fingerprint density at radius 3 is 1.23 bits per heavy atom. The van der Waals surface area contributed by atoms with Crippen molar-refractivity contribution in [2.75, 3.05) is 75.4 Å². The van der Waals surface area contributed by atoms with Crippen LogP contribution in [0.25, 0.3) is 0 Å². The maximum absolute atomic E-state index is 12.3. The molecule has 6 nitrogen and oxygen atoms in total. The predicted molar refractivity (Wildman–Crippen MR) is 235 cm³/mol. The molecular formula is C44H88N4O2S2. The van der Waals surface area contributed by atoms with Crippen LogP contribution in [-0.2, 0) is 4.79 Å². The van der Waals surface area contributed by atoms with Crippen LogP contribution < -0.4 is 10.6 Å². The van der Waals surface area contributed by atoms with E-state index in [0.717, 1.165) is 103 Å². The molecule has 0 aromatic heterocycles. The van der Waals surface area contributed by atoms with Gasteiger partial charge in [-0.3, -0.25) is 4.79 Å². The Balaban J connectivity index is 1.80. The lowest BCUT2D eigenvalue weighted by molar-refractivity contribution is -0.119. The second-order valence-corrected chi connectivity index (χ2v) is 18.1. The van der Waals surface area contributed by atoms with Crippen LogP contribution in [0.2, 0.25) is 0 Å². The van der Waals surface area contributed by atoms with Crippen molar-refractivity contribution < 1.29 is 9.59 Å². The summed E-state index contributed by atoms with van der Waals surface area (Å²) in [6.45, 7) is 12.7. The number of ketones is 1. The van der Waals surface area contributed by atoms with Crippen molar-refractivity contribution in [2.24, 2.45) is 0 Å². The van der Waals surface area contributed by atoms with E-state index in [0.29, 0.717) is 5.78 Å². The van der Waals surface area contributed by atoms with Gasteiger partial charge in [-0.1, -0.05) is 129 Å². The highest BCUT2D eigenvalue weighted by Gasteiger charge is 2.16. The first-order valence-corrected chi connectivity index (χ1v) is 25.1. The van der Waals surface area contributed by atoms with Crippen molar-refractivity contribution in [2.45, 2.75) is 194 Å². The van der Waals surface area contributed by atoms with Gasteiger partial charge < -0.3 is 20.4 Å². The van der Waals surface area contributed by atoms with Crippen LogP contribution in [-0.4, -0.2) is 97.0 Å². The van der Waals surface area contributed by atoms with Crippen LogP contribution >= 0.6 is 23.5 Å². The minimum Gasteiger partial charge on any atom is -0.338 e. The average Bonchev–Trinajstić information content (AvgIpc) is 3.15. The van der Waals surface area contributed by atoms with Gasteiger partial charge in [0.2, 0.25) is 0 Å². The van der Waals surface area contributed by atoms with E-state index in [4.69, 9.17) is 0 Å². The summed E-state index contributed by atoms with van der Waals surface area (Å²) in [7, 11) is 0. The maximum Gasteiger partial charge on any atom is 0.314 e. The van der Waals surface area contributed by atoms with Crippen molar-refractivity contribution in [1.29, 1.82) is 0 Å². The molecule has 0 atom stereocenters. The normalized spacial score (nSPS) is 13.9. The molecule has 308 valence electrons. The van der Waals surface area contributed by atoms with E-state index in [2.05, 4.69) is 46.0 Å². The molecule has 0 spiro atoms. The van der Waals surface area contributed by atoms with Gasteiger partial charge in [0.25, 0.3) is 0 Å². The molecule has 0 aromatic rings. The molecule has 1 saturated heterocycles. The Morgan fingerprint density at radius 2 is 0.769 bits per heavy atom. The monoisotopic (exact) mass is 769 g/mol. The van der Waals surface area contributed by atoms with Gasteiger partial charge in [-0.25, -0.2) is 4.79 Å². The van der Waals surface area contributed by atoms with Crippen LogP contribution in [0.15, 0.2) is 0 Å². The zero-order valence-electron chi connectivity index (χ0n) is 34.8. The van der Waals surface area contributed by atoms with Crippen LogP contribution in [0.5, 0.6) is 0 Å². The zero-order valence-corrected chi connectivity index (χ0v) is 36.4. The van der Waals surface area contributed by atoms with Crippen molar-refractivity contribution in [1.82, 2.24) is 20.4 Å². The van der Waals surface area contributed by atoms with Crippen LogP contribution in [0.3, 0.4) is 0 Å². The van der Waals surface area contributed by atoms with E-state index >= 15 is 0 Å². The fourth-order valence-electron chi connectivity index (χ4n) is 7.08. The van der Waals surface area contributed by atoms with Crippen LogP contribution in [0, 0.1) is 0 Å². The van der Waals surface area contributed by atoms with E-state index in [1.165, 1.54) is 152 Å². The Hall–Kier alpha value is -0.440. The first kappa shape index (κ1) is 49.6. The molecule has 0 radical (unpaired) electrons. The standard InChI is InChI=1S/C44H88N4O2S2/c1-3-5-7-9-11-13-15-17-19-24-39-51-41-26-22-30-43(49)29-21-23-33-47-35-37-48(38-36-47)34-27-31-45-44(50)46-32-28-42-52-40-25-20-18-16-14-12-10-8-6-4-2/h3-42H2,1-2H3,(H2,45,46,50). The van der Waals surface area contributed by atoms with E-state index in [9.17, 15) is 9.59 Å². The number of carbonyl (C=O) groups is 2. The number of piperazine rings is 1. The quantitative estimate of drug-likeness (QED) is 0.0605. The summed E-state index contributed by atoms with van der Waals surface area (Å²) in [5, 5.41) is 6.07. The minimum atomic E-state index is -0.0168. The topological polar surface area (TPSA) is 64.7 Å². The lowest BCUT2D eigenvalue weighted by Crippen LogP contribution is -2.47. The highest BCUT2D eigenvalue weighted by molar-refractivity contribution is 7.99. The van der Waals surface area contributed by atoms with Crippen molar-refractivity contribution in [3.8, 4) is 0 Å². The lowest BCUT2D eigenvalue weighted by Gasteiger charge is -2.34. The minimum absolute atomic E-state index is 0.0168. The number of amides is 2. The largest absolute Gasteiger partial charge is 0.338 e. The number of urea groups is 1. The maximum atomic E-state index is 12.3. The summed E-state index contributed by atoms with van der Waals surface area (Å²) >= 11 is 4.13. The van der Waals surface area contributed by atoms with Crippen LogP contribution in [0.1, 0.15) is 194 Å². The molecule has 1 aliphatic heterocycles. The number of unbranched alkanes of at least 4 members (excludes halogenated alkanes) is 20. The molecule has 2 N–H and O–H groups in total. The Morgan fingerprint density at radius 1 is 0.423 bits per heavy atom. The summed E-state index contributed by atoms with van der Waals surface area (Å²) < 4.78 is 0. The van der Waals surface area contributed by atoms with Crippen LogP contribution in [0.4, 0.5) is 4.79 Å². The summed E-state index contributed by atoms with van der Waals surface area (Å²) in [5.74, 6) is 5.40. The summed E-state index contributed by atoms with van der Waals surface area (Å²) in [4.78, 5) is 29.6. The Bertz CT molecular complexity index is 705. The molecule has 0 aromatic carbocycles. The van der Waals surface area contributed by atoms with Gasteiger partial charge in [-0.15, -0.1) is 0 Å². The number of nitrogens with one attached hydrogen (secondary N) is 2. The number of thioether (sulfide) groups is 2. The van der Waals surface area contributed by atoms with Gasteiger partial charge >= 0.3 is 6.03 Å². The molecule has 0 unspecified atom stereocenters. The molecule has 1 aliphatic rings. The highest BCUT2D eigenvalue weighted by atomic mass is 32.2. The third kappa shape index (κ3) is 35.3. The SMILES string of the molecule is CCCCCCCCCCCCSCCCCC(=O)CCCCN1CCN(CCCNC(=O)NCCCSCCCCCCCCCCCC)CC1. The van der Waals surface area contributed by atoms with Gasteiger partial charge in [0, 0.05) is 52.1 Å². The zero-order chi connectivity index (χ0) is 37.4. The fraction of sp³-hybridized carbons (Fsp3) is 0.955. The number of hydrogen-bond acceptors (Lipinski definition) is 6. The summed E-state index contributed by atoms with van der Waals surface area (Å²) in [6, 6.07) is -0.0168. The number of Topliss-reactive ketones (excluding diaryl/α,β-unsaturated/α-hetero) is 1. The van der Waals surface area contributed by atoms with E-state index in [1.807, 2.05) is 11.8 Å². The molecule has 8 heteroatoms. The van der Waals surface area contributed by atoms with Gasteiger partial charge in [0.1, 0.15) is 5.78 Å². The number of carbonyl (C=O) groups excluding carboxylic acids is 2. The first-order valence-electron chi connectivity index (χ1n) is 22.8. The molecule has 1 heterocycles. The summed E-state index contributed by atoms with van der Waals surface area (Å²) in [6.07, 6.45) is 36.1. The molecule has 2 amide bonds. The van der Waals surface area contributed by atoms with E-state index < -0.39 is 0 Å². The Labute approximate surface area is 333 Å². The second-order valence-electron chi connectivity index (χ2n) is 15.6. The van der Waals surface area contributed by atoms with E-state index in [1.54, 1.807) is 0 Å². The second kappa shape index (κ2) is 40.2. The van der Waals surface area contributed by atoms with Crippen molar-refractivity contribution in [3.63, 3.8) is 0 Å². The average molecular weight is 769 g/mol. The summed E-state index contributed by atoms with van der Waals surface area (Å²) in [5.41, 5.74) is 0. The van der Waals surface area contributed by atoms with Crippen molar-refractivity contribution in [3.05, 3.63) is 0 Å². The smallest absolute Gasteiger partial charge is 0.314 e. The van der Waals surface area contributed by atoms with Gasteiger partial charge in [-0.2, -0.15) is 23.5 Å². The third-order valence-electron chi connectivity index (χ3n) is 10.6. The molecule has 1 rings (SSSR count). The molecule has 0 aliphatic carbocycles. The van der Waals surface area contributed by atoms with Gasteiger partial charge in [0.05, 0.1) is 0 Å². The molecule has 0 bridgehead atoms. The predicted octanol–water partition coefficient (Wildman–Crippen LogP) is 11.9. The third-order valence-corrected chi connectivity index (χ3v) is 12.9.